The van der Waals surface area contributed by atoms with Crippen molar-refractivity contribution in [2.45, 2.75) is 19.3 Å². The number of rotatable bonds is 4. The summed E-state index contributed by atoms with van der Waals surface area (Å²) in [6, 6.07) is 13.8. The summed E-state index contributed by atoms with van der Waals surface area (Å²) in [5.74, 6) is 0.281. The van der Waals surface area contributed by atoms with Crippen LogP contribution in [0.5, 0.6) is 5.75 Å². The predicted octanol–water partition coefficient (Wildman–Crippen LogP) is 3.24. The number of phenols is 1. The molecule has 1 heterocycles. The van der Waals surface area contributed by atoms with Gasteiger partial charge in [0.05, 0.1) is 0 Å². The molecular formula is C18H22N2O. The molecule has 0 bridgehead atoms. The first-order chi connectivity index (χ1) is 11.4. The molecule has 1 aliphatic rings. The predicted molar refractivity (Wildman–Crippen MR) is 87.5 cm³/mol. The van der Waals surface area contributed by atoms with Crippen LogP contribution in [0.2, 0.25) is 0 Å². The summed E-state index contributed by atoms with van der Waals surface area (Å²) < 4.78 is 21.7. The third-order valence-electron chi connectivity index (χ3n) is 3.98. The van der Waals surface area contributed by atoms with Crippen LogP contribution in [0.25, 0.3) is 0 Å². The number of benzene rings is 2. The van der Waals surface area contributed by atoms with Gasteiger partial charge in [0.25, 0.3) is 0 Å². The molecule has 0 saturated heterocycles. The number of nitrogens with one attached hydrogen (secondary N) is 1. The van der Waals surface area contributed by atoms with Crippen LogP contribution in [0.1, 0.15) is 21.7 Å². The van der Waals surface area contributed by atoms with E-state index in [2.05, 4.69) is 22.3 Å². The summed E-state index contributed by atoms with van der Waals surface area (Å²) in [6.07, 6.45) is 2.52. The van der Waals surface area contributed by atoms with Gasteiger partial charge in [-0.25, -0.2) is 0 Å². The monoisotopic (exact) mass is 285 g/mol. The Hall–Kier alpha value is -2.00. The lowest BCUT2D eigenvalue weighted by Crippen LogP contribution is -2.23. The quantitative estimate of drug-likeness (QED) is 0.847. The highest BCUT2D eigenvalue weighted by atomic mass is 16.3. The van der Waals surface area contributed by atoms with Crippen molar-refractivity contribution in [3.8, 4) is 5.75 Å². The van der Waals surface area contributed by atoms with E-state index < -0.39 is 6.98 Å². The molecule has 0 fully saturated rings. The number of fused-ring (bicyclic) bond motifs is 2. The fourth-order valence-electron chi connectivity index (χ4n) is 2.99. The summed E-state index contributed by atoms with van der Waals surface area (Å²) in [6.45, 7) is -0.944. The van der Waals surface area contributed by atoms with Crippen molar-refractivity contribution in [2.24, 2.45) is 0 Å². The van der Waals surface area contributed by atoms with E-state index in [0.717, 1.165) is 36.3 Å². The molecule has 0 aliphatic carbocycles. The van der Waals surface area contributed by atoms with Gasteiger partial charge >= 0.3 is 0 Å². The number of nitrogens with zero attached hydrogens (tertiary/aromatic N) is 1. The van der Waals surface area contributed by atoms with Crippen LogP contribution < -0.4 is 10.2 Å². The number of phenolic OH excluding ortho intramolecular Hbond substituents is 1. The second kappa shape index (κ2) is 6.19. The number of para-hydroxylation sites is 1. The third kappa shape index (κ3) is 2.88. The minimum absolute atomic E-state index is 0.281. The Morgan fingerprint density at radius 1 is 1.14 bits per heavy atom. The maximum absolute atomic E-state index is 9.80. The van der Waals surface area contributed by atoms with Crippen LogP contribution in [0.15, 0.2) is 42.5 Å². The van der Waals surface area contributed by atoms with Gasteiger partial charge < -0.3 is 15.3 Å². The number of hydrogen-bond acceptors (Lipinski definition) is 3. The van der Waals surface area contributed by atoms with E-state index >= 15 is 0 Å². The number of hydrogen-bond donors (Lipinski definition) is 2. The van der Waals surface area contributed by atoms with E-state index in [4.69, 9.17) is 4.11 Å². The van der Waals surface area contributed by atoms with E-state index in [1.807, 2.05) is 24.3 Å². The minimum atomic E-state index is -2.10. The molecule has 0 saturated carbocycles. The van der Waals surface area contributed by atoms with Gasteiger partial charge in [-0.15, -0.1) is 0 Å². The maximum atomic E-state index is 9.80. The Labute approximate surface area is 130 Å². The van der Waals surface area contributed by atoms with Crippen LogP contribution in [-0.2, 0) is 12.8 Å². The summed E-state index contributed by atoms with van der Waals surface area (Å²) in [7, 11) is 0. The highest BCUT2D eigenvalue weighted by Gasteiger charge is 2.20. The van der Waals surface area contributed by atoms with Gasteiger partial charge in [-0.2, -0.15) is 0 Å². The summed E-state index contributed by atoms with van der Waals surface area (Å²) in [5, 5.41) is 12.4. The molecule has 0 aromatic heterocycles. The van der Waals surface area contributed by atoms with Gasteiger partial charge in [-0.1, -0.05) is 18.2 Å². The third-order valence-corrected chi connectivity index (χ3v) is 3.98. The first-order valence-corrected chi connectivity index (χ1v) is 7.36. The highest BCUT2D eigenvalue weighted by molar-refractivity contribution is 5.71. The van der Waals surface area contributed by atoms with Gasteiger partial charge in [0, 0.05) is 22.0 Å². The van der Waals surface area contributed by atoms with E-state index in [0.29, 0.717) is 13.0 Å². The lowest BCUT2D eigenvalue weighted by atomic mass is 10.0. The van der Waals surface area contributed by atoms with Gasteiger partial charge in [0.2, 0.25) is 0 Å². The topological polar surface area (TPSA) is 35.5 Å². The lowest BCUT2D eigenvalue weighted by molar-refractivity contribution is 0.474. The Balaban J connectivity index is 1.85. The lowest BCUT2D eigenvalue weighted by Gasteiger charge is -2.27. The molecule has 3 rings (SSSR count). The second-order valence-corrected chi connectivity index (χ2v) is 5.37. The second-order valence-electron chi connectivity index (χ2n) is 5.37. The number of aryl methyl sites for hydroxylation is 2. The van der Waals surface area contributed by atoms with Gasteiger partial charge in [0.1, 0.15) is 5.75 Å². The summed E-state index contributed by atoms with van der Waals surface area (Å²) in [4.78, 5) is 2.23. The van der Waals surface area contributed by atoms with Gasteiger partial charge in [-0.3, -0.25) is 0 Å². The molecule has 110 valence electrons. The molecule has 3 nitrogen and oxygen atoms in total. The Kier molecular flexibility index (Phi) is 3.15. The highest BCUT2D eigenvalue weighted by Crippen LogP contribution is 2.37. The molecule has 0 atom stereocenters. The zero-order chi connectivity index (χ0) is 17.2. The first-order valence-electron chi connectivity index (χ1n) is 8.86. The zero-order valence-electron chi connectivity index (χ0n) is 15.0. The molecule has 0 radical (unpaired) electrons. The molecule has 0 spiro atoms. The zero-order valence-corrected chi connectivity index (χ0v) is 12.0. The maximum Gasteiger partial charge on any atom is 0.116 e. The van der Waals surface area contributed by atoms with E-state index in [1.165, 1.54) is 5.56 Å². The van der Waals surface area contributed by atoms with Crippen molar-refractivity contribution in [3.63, 3.8) is 0 Å². The summed E-state index contributed by atoms with van der Waals surface area (Å²) in [5.41, 5.74) is 4.65. The van der Waals surface area contributed by atoms with E-state index in [1.54, 1.807) is 6.07 Å². The Morgan fingerprint density at radius 2 is 1.95 bits per heavy atom. The molecule has 1 aliphatic heterocycles. The van der Waals surface area contributed by atoms with Crippen LogP contribution >= 0.6 is 0 Å². The number of aromatic hydroxyl groups is 1. The average Bonchev–Trinajstić information content (AvgIpc) is 2.68. The molecule has 21 heavy (non-hydrogen) atoms. The fraction of sp³-hybridized carbons (Fsp3) is 0.333. The number of anilines is 2. The Morgan fingerprint density at radius 3 is 2.86 bits per heavy atom. The molecular weight excluding hydrogens is 260 g/mol. The van der Waals surface area contributed by atoms with Gasteiger partial charge in [-0.05, 0) is 68.2 Å². The van der Waals surface area contributed by atoms with E-state index in [9.17, 15) is 5.11 Å². The normalized spacial score (nSPS) is 16.2. The molecule has 3 heteroatoms. The fourth-order valence-corrected chi connectivity index (χ4v) is 2.99. The SMILES string of the molecule is [2H]C([2H])([2H])NCCCN1c2ccccc2CCc2cc(O)ccc21. The first kappa shape index (κ1) is 10.7. The average molecular weight is 285 g/mol. The minimum Gasteiger partial charge on any atom is -0.508 e. The van der Waals surface area contributed by atoms with Gasteiger partial charge in [0.15, 0.2) is 0 Å². The van der Waals surface area contributed by atoms with Crippen LogP contribution in [0.3, 0.4) is 0 Å². The molecule has 2 aromatic rings. The molecule has 2 N–H and O–H groups in total. The summed E-state index contributed by atoms with van der Waals surface area (Å²) >= 11 is 0. The van der Waals surface area contributed by atoms with E-state index in [-0.39, 0.29) is 5.75 Å². The van der Waals surface area contributed by atoms with Crippen LogP contribution in [0.4, 0.5) is 11.4 Å². The molecule has 0 amide bonds. The van der Waals surface area contributed by atoms with Crippen molar-refractivity contribution >= 4 is 11.4 Å². The van der Waals surface area contributed by atoms with Crippen molar-refractivity contribution < 1.29 is 9.22 Å². The van der Waals surface area contributed by atoms with Crippen LogP contribution in [0, 0.1) is 0 Å². The van der Waals surface area contributed by atoms with Crippen molar-refractivity contribution in [1.29, 1.82) is 0 Å². The standard InChI is InChI=1S/C18H22N2O/c1-19-11-4-12-20-17-6-3-2-5-14(17)7-8-15-13-16(21)9-10-18(15)20/h2-3,5-6,9-10,13,19,21H,4,7-8,11-12H2,1H3/i1D3. The molecule has 2 aromatic carbocycles. The van der Waals surface area contributed by atoms with Crippen molar-refractivity contribution in [2.75, 3.05) is 25.0 Å². The Bertz CT molecular complexity index is 716. The molecule has 0 unspecified atom stereocenters. The largest absolute Gasteiger partial charge is 0.508 e. The van der Waals surface area contributed by atoms with Crippen molar-refractivity contribution in [1.82, 2.24) is 5.32 Å². The van der Waals surface area contributed by atoms with Crippen LogP contribution in [-0.4, -0.2) is 25.2 Å². The smallest absolute Gasteiger partial charge is 0.116 e. The van der Waals surface area contributed by atoms with Crippen molar-refractivity contribution in [3.05, 3.63) is 53.6 Å².